The summed E-state index contributed by atoms with van der Waals surface area (Å²) in [5, 5.41) is 12.6. The van der Waals surface area contributed by atoms with Gasteiger partial charge in [0.15, 0.2) is 0 Å². The van der Waals surface area contributed by atoms with E-state index >= 15 is 0 Å². The standard InChI is InChI=1S/C16H21N3OS/c1-2-12(1)9-19-10-14-3-5-20-15(16(14)18-19)8-17-7-13-4-6-21-11-13/h4,6,10-12,15,17H,1-3,5,7-9H2/t15-/m1/s1. The van der Waals surface area contributed by atoms with E-state index in [1.54, 1.807) is 11.3 Å². The number of hydrogen-bond donors (Lipinski definition) is 1. The minimum absolute atomic E-state index is 0.104. The lowest BCUT2D eigenvalue weighted by molar-refractivity contribution is 0.0393. The molecule has 1 aliphatic heterocycles. The summed E-state index contributed by atoms with van der Waals surface area (Å²) in [6.45, 7) is 3.64. The van der Waals surface area contributed by atoms with Crippen LogP contribution in [0.25, 0.3) is 0 Å². The summed E-state index contributed by atoms with van der Waals surface area (Å²) in [5.74, 6) is 0.863. The number of nitrogens with zero attached hydrogens (tertiary/aromatic N) is 2. The van der Waals surface area contributed by atoms with Gasteiger partial charge in [-0.25, -0.2) is 0 Å². The molecule has 21 heavy (non-hydrogen) atoms. The van der Waals surface area contributed by atoms with E-state index in [9.17, 15) is 0 Å². The second-order valence-corrected chi connectivity index (χ2v) is 6.86. The molecule has 0 aromatic carbocycles. The van der Waals surface area contributed by atoms with Crippen LogP contribution in [0, 0.1) is 5.92 Å². The van der Waals surface area contributed by atoms with E-state index in [1.165, 1.54) is 24.0 Å². The van der Waals surface area contributed by atoms with Crippen LogP contribution in [0.1, 0.15) is 35.8 Å². The summed E-state index contributed by atoms with van der Waals surface area (Å²) in [4.78, 5) is 0. The monoisotopic (exact) mass is 303 g/mol. The summed E-state index contributed by atoms with van der Waals surface area (Å²) in [6, 6.07) is 2.16. The highest BCUT2D eigenvalue weighted by atomic mass is 32.1. The Hall–Kier alpha value is -1.17. The maximum Gasteiger partial charge on any atom is 0.114 e. The van der Waals surface area contributed by atoms with E-state index in [1.807, 2.05) is 0 Å². The van der Waals surface area contributed by atoms with Crippen molar-refractivity contribution in [1.82, 2.24) is 15.1 Å². The van der Waals surface area contributed by atoms with Crippen LogP contribution in [-0.2, 0) is 24.2 Å². The van der Waals surface area contributed by atoms with E-state index in [0.29, 0.717) is 0 Å². The van der Waals surface area contributed by atoms with Crippen molar-refractivity contribution in [3.05, 3.63) is 39.8 Å². The van der Waals surface area contributed by atoms with Crippen LogP contribution in [0.2, 0.25) is 0 Å². The summed E-state index contributed by atoms with van der Waals surface area (Å²) in [7, 11) is 0. The lowest BCUT2D eigenvalue weighted by Crippen LogP contribution is -2.27. The van der Waals surface area contributed by atoms with Crippen LogP contribution < -0.4 is 5.32 Å². The van der Waals surface area contributed by atoms with Gasteiger partial charge in [-0.3, -0.25) is 4.68 Å². The molecule has 1 saturated carbocycles. The molecule has 2 aromatic rings. The molecule has 112 valence electrons. The molecule has 1 fully saturated rings. The smallest absolute Gasteiger partial charge is 0.114 e. The molecule has 0 spiro atoms. The fourth-order valence-electron chi connectivity index (χ4n) is 2.89. The topological polar surface area (TPSA) is 39.1 Å². The normalized spacial score (nSPS) is 21.4. The molecular weight excluding hydrogens is 282 g/mol. The molecule has 0 saturated heterocycles. The van der Waals surface area contributed by atoms with E-state index < -0.39 is 0 Å². The molecule has 2 aromatic heterocycles. The fraction of sp³-hybridized carbons (Fsp3) is 0.562. The molecule has 1 aliphatic carbocycles. The molecule has 1 atom stereocenters. The summed E-state index contributed by atoms with van der Waals surface area (Å²) >= 11 is 1.74. The van der Waals surface area contributed by atoms with Crippen molar-refractivity contribution in [3.8, 4) is 0 Å². The Labute approximate surface area is 129 Å². The first-order valence-corrected chi connectivity index (χ1v) is 8.72. The van der Waals surface area contributed by atoms with Crippen molar-refractivity contribution in [2.24, 2.45) is 5.92 Å². The molecule has 2 aliphatic rings. The van der Waals surface area contributed by atoms with Gasteiger partial charge in [0, 0.05) is 25.8 Å². The number of thiophene rings is 1. The van der Waals surface area contributed by atoms with E-state index in [4.69, 9.17) is 9.84 Å². The second kappa shape index (κ2) is 5.91. The largest absolute Gasteiger partial charge is 0.370 e. The average molecular weight is 303 g/mol. The molecule has 0 amide bonds. The molecule has 1 N–H and O–H groups in total. The van der Waals surface area contributed by atoms with Crippen molar-refractivity contribution in [2.45, 2.75) is 38.5 Å². The number of ether oxygens (including phenoxy) is 1. The lowest BCUT2D eigenvalue weighted by Gasteiger charge is -2.22. The van der Waals surface area contributed by atoms with Crippen LogP contribution in [0.4, 0.5) is 0 Å². The highest BCUT2D eigenvalue weighted by Gasteiger charge is 2.27. The van der Waals surface area contributed by atoms with Crippen LogP contribution >= 0.6 is 11.3 Å². The van der Waals surface area contributed by atoms with Crippen LogP contribution in [0.3, 0.4) is 0 Å². The fourth-order valence-corrected chi connectivity index (χ4v) is 3.55. The maximum absolute atomic E-state index is 5.92. The minimum Gasteiger partial charge on any atom is -0.370 e. The Balaban J connectivity index is 1.38. The van der Waals surface area contributed by atoms with Gasteiger partial charge in [-0.2, -0.15) is 16.4 Å². The van der Waals surface area contributed by atoms with Gasteiger partial charge in [0.2, 0.25) is 0 Å². The molecule has 0 bridgehead atoms. The molecule has 4 rings (SSSR count). The SMILES string of the molecule is c1cc(CNC[C@H]2OCCc3cn(CC4CC4)nc32)cs1. The summed E-state index contributed by atoms with van der Waals surface area (Å²) in [6.07, 6.45) is 6.08. The third kappa shape index (κ3) is 3.20. The maximum atomic E-state index is 5.92. The zero-order valence-electron chi connectivity index (χ0n) is 12.1. The highest BCUT2D eigenvalue weighted by Crippen LogP contribution is 2.32. The Bertz CT molecular complexity index is 589. The van der Waals surface area contributed by atoms with Crippen molar-refractivity contribution >= 4 is 11.3 Å². The zero-order chi connectivity index (χ0) is 14.1. The quantitative estimate of drug-likeness (QED) is 0.892. The summed E-state index contributed by atoms with van der Waals surface area (Å²) < 4.78 is 8.06. The van der Waals surface area contributed by atoms with Gasteiger partial charge in [-0.15, -0.1) is 0 Å². The molecule has 0 unspecified atom stereocenters. The Morgan fingerprint density at radius 3 is 3.19 bits per heavy atom. The van der Waals surface area contributed by atoms with Gasteiger partial charge < -0.3 is 10.1 Å². The molecule has 0 radical (unpaired) electrons. The highest BCUT2D eigenvalue weighted by molar-refractivity contribution is 7.07. The van der Waals surface area contributed by atoms with Crippen molar-refractivity contribution in [1.29, 1.82) is 0 Å². The number of nitrogens with one attached hydrogen (secondary N) is 1. The molecular formula is C16H21N3OS. The van der Waals surface area contributed by atoms with Gasteiger partial charge in [-0.05, 0) is 53.1 Å². The molecule has 3 heterocycles. The number of hydrogen-bond acceptors (Lipinski definition) is 4. The predicted molar refractivity (Wildman–Crippen MR) is 83.4 cm³/mol. The zero-order valence-corrected chi connectivity index (χ0v) is 12.9. The predicted octanol–water partition coefficient (Wildman–Crippen LogP) is 2.76. The number of aromatic nitrogens is 2. The van der Waals surface area contributed by atoms with Gasteiger partial charge >= 0.3 is 0 Å². The van der Waals surface area contributed by atoms with Crippen LogP contribution in [-0.4, -0.2) is 22.9 Å². The Kier molecular flexibility index (Phi) is 3.80. The first kappa shape index (κ1) is 13.5. The Morgan fingerprint density at radius 1 is 1.43 bits per heavy atom. The van der Waals surface area contributed by atoms with E-state index in [0.717, 1.165) is 44.3 Å². The number of rotatable bonds is 6. The first-order chi connectivity index (χ1) is 10.4. The Morgan fingerprint density at radius 2 is 2.38 bits per heavy atom. The second-order valence-electron chi connectivity index (χ2n) is 6.08. The van der Waals surface area contributed by atoms with Crippen LogP contribution in [0.5, 0.6) is 0 Å². The van der Waals surface area contributed by atoms with Crippen molar-refractivity contribution < 1.29 is 4.74 Å². The number of fused-ring (bicyclic) bond motifs is 1. The van der Waals surface area contributed by atoms with E-state index in [-0.39, 0.29) is 6.10 Å². The van der Waals surface area contributed by atoms with Crippen LogP contribution in [0.15, 0.2) is 23.0 Å². The van der Waals surface area contributed by atoms with Gasteiger partial charge in [0.1, 0.15) is 6.10 Å². The molecule has 4 nitrogen and oxygen atoms in total. The van der Waals surface area contributed by atoms with Gasteiger partial charge in [0.25, 0.3) is 0 Å². The molecule has 5 heteroatoms. The van der Waals surface area contributed by atoms with E-state index in [2.05, 4.69) is 33.0 Å². The third-order valence-electron chi connectivity index (χ3n) is 4.25. The minimum atomic E-state index is 0.104. The first-order valence-electron chi connectivity index (χ1n) is 7.78. The third-order valence-corrected chi connectivity index (χ3v) is 4.98. The van der Waals surface area contributed by atoms with Gasteiger partial charge in [-0.1, -0.05) is 0 Å². The lowest BCUT2D eigenvalue weighted by atomic mass is 10.1. The summed E-state index contributed by atoms with van der Waals surface area (Å²) in [5.41, 5.74) is 3.87. The van der Waals surface area contributed by atoms with Gasteiger partial charge in [0.05, 0.1) is 12.3 Å². The van der Waals surface area contributed by atoms with Crippen molar-refractivity contribution in [2.75, 3.05) is 13.2 Å². The van der Waals surface area contributed by atoms with Crippen molar-refractivity contribution in [3.63, 3.8) is 0 Å². The average Bonchev–Trinajstić information content (AvgIpc) is 3.00.